The van der Waals surface area contributed by atoms with Gasteiger partial charge in [0.1, 0.15) is 5.69 Å². The fourth-order valence-electron chi connectivity index (χ4n) is 4.14. The zero-order valence-corrected chi connectivity index (χ0v) is 17.7. The second-order valence-electron chi connectivity index (χ2n) is 7.95. The molecule has 6 heteroatoms. The second kappa shape index (κ2) is 7.35. The molecule has 0 bridgehead atoms. The first-order valence-corrected chi connectivity index (χ1v) is 9.51. The van der Waals surface area contributed by atoms with Gasteiger partial charge in [0, 0.05) is 41.2 Å². The Kier molecular flexibility index (Phi) is 5.22. The van der Waals surface area contributed by atoms with Crippen molar-refractivity contribution >= 4 is 23.2 Å². The normalized spacial score (nSPS) is 16.1. The number of allylic oxidation sites excluding steroid dienone is 1. The standard InChI is InChI=1S/C23H26N2O4/c1-13-20(15(3)26)14(2)24-21(13)22(28)29-12-16(27)11-19-23(4,5)17-9-7-8-10-18(17)25(19)6/h7-11,24H,12H2,1-6H3/b19-11+. The number of benzene rings is 1. The van der Waals surface area contributed by atoms with Crippen LogP contribution < -0.4 is 4.90 Å². The van der Waals surface area contributed by atoms with Gasteiger partial charge in [-0.1, -0.05) is 32.0 Å². The fraction of sp³-hybridized carbons (Fsp3) is 0.348. The first kappa shape index (κ1) is 20.6. The fourth-order valence-corrected chi connectivity index (χ4v) is 4.14. The lowest BCUT2D eigenvalue weighted by molar-refractivity contribution is -0.117. The van der Waals surface area contributed by atoms with E-state index < -0.39 is 5.97 Å². The lowest BCUT2D eigenvalue weighted by Gasteiger charge is -2.23. The Hall–Kier alpha value is -3.15. The van der Waals surface area contributed by atoms with Crippen molar-refractivity contribution in [3.8, 4) is 0 Å². The Morgan fingerprint density at radius 1 is 1.17 bits per heavy atom. The highest BCUT2D eigenvalue weighted by Crippen LogP contribution is 2.46. The topological polar surface area (TPSA) is 79.5 Å². The lowest BCUT2D eigenvalue weighted by atomic mass is 9.83. The van der Waals surface area contributed by atoms with Crippen molar-refractivity contribution in [3.63, 3.8) is 0 Å². The lowest BCUT2D eigenvalue weighted by Crippen LogP contribution is -2.25. The van der Waals surface area contributed by atoms with Crippen LogP contribution in [0.3, 0.4) is 0 Å². The van der Waals surface area contributed by atoms with Gasteiger partial charge in [-0.2, -0.15) is 0 Å². The molecular weight excluding hydrogens is 368 g/mol. The van der Waals surface area contributed by atoms with Crippen LogP contribution in [0.15, 0.2) is 36.0 Å². The van der Waals surface area contributed by atoms with E-state index in [1.54, 1.807) is 19.9 Å². The van der Waals surface area contributed by atoms with Crippen molar-refractivity contribution in [3.05, 3.63) is 64.1 Å². The quantitative estimate of drug-likeness (QED) is 0.473. The van der Waals surface area contributed by atoms with Crippen LogP contribution in [0.5, 0.6) is 0 Å². The van der Waals surface area contributed by atoms with E-state index in [9.17, 15) is 14.4 Å². The number of para-hydroxylation sites is 1. The summed E-state index contributed by atoms with van der Waals surface area (Å²) < 4.78 is 5.22. The van der Waals surface area contributed by atoms with Crippen molar-refractivity contribution in [2.24, 2.45) is 0 Å². The average Bonchev–Trinajstić information content (AvgIpc) is 3.06. The van der Waals surface area contributed by atoms with Gasteiger partial charge in [-0.05, 0) is 38.0 Å². The number of rotatable bonds is 5. The molecule has 0 fully saturated rings. The summed E-state index contributed by atoms with van der Waals surface area (Å²) in [5.41, 5.74) is 4.58. The van der Waals surface area contributed by atoms with Crippen molar-refractivity contribution in [1.29, 1.82) is 0 Å². The van der Waals surface area contributed by atoms with E-state index in [1.165, 1.54) is 6.92 Å². The van der Waals surface area contributed by atoms with Gasteiger partial charge in [0.25, 0.3) is 0 Å². The number of nitrogens with zero attached hydrogens (tertiary/aromatic N) is 1. The van der Waals surface area contributed by atoms with Crippen LogP contribution in [-0.2, 0) is 14.9 Å². The third kappa shape index (κ3) is 3.50. The molecule has 6 nitrogen and oxygen atoms in total. The number of ether oxygens (including phenoxy) is 1. The Morgan fingerprint density at radius 3 is 2.41 bits per heavy atom. The summed E-state index contributed by atoms with van der Waals surface area (Å²) in [6.45, 7) is 8.63. The first-order valence-electron chi connectivity index (χ1n) is 9.51. The summed E-state index contributed by atoms with van der Waals surface area (Å²) in [6, 6.07) is 8.02. The van der Waals surface area contributed by atoms with Gasteiger partial charge in [-0.15, -0.1) is 0 Å². The number of aromatic amines is 1. The van der Waals surface area contributed by atoms with E-state index in [4.69, 9.17) is 4.74 Å². The Morgan fingerprint density at radius 2 is 1.83 bits per heavy atom. The van der Waals surface area contributed by atoms with Gasteiger partial charge < -0.3 is 14.6 Å². The number of nitrogens with one attached hydrogen (secondary N) is 1. The van der Waals surface area contributed by atoms with Crippen LogP contribution in [0.2, 0.25) is 0 Å². The number of H-pyrrole nitrogens is 1. The summed E-state index contributed by atoms with van der Waals surface area (Å²) in [5, 5.41) is 0. The molecule has 0 aliphatic carbocycles. The number of likely N-dealkylation sites (N-methyl/N-ethyl adjacent to an activating group) is 1. The molecule has 0 spiro atoms. The number of hydrogen-bond donors (Lipinski definition) is 1. The number of aromatic nitrogens is 1. The molecule has 2 aromatic rings. The monoisotopic (exact) mass is 394 g/mol. The summed E-state index contributed by atoms with van der Waals surface area (Å²) in [7, 11) is 1.92. The molecular formula is C23H26N2O4. The molecule has 29 heavy (non-hydrogen) atoms. The van der Waals surface area contributed by atoms with Crippen LogP contribution in [0.1, 0.15) is 58.4 Å². The summed E-state index contributed by atoms with van der Waals surface area (Å²) in [6.07, 6.45) is 1.54. The maximum atomic E-state index is 12.5. The maximum absolute atomic E-state index is 12.5. The Bertz CT molecular complexity index is 1040. The highest BCUT2D eigenvalue weighted by Gasteiger charge is 2.38. The molecule has 1 aromatic carbocycles. The number of esters is 1. The molecule has 152 valence electrons. The number of carbonyl (C=O) groups is 3. The molecule has 1 aliphatic rings. The molecule has 1 aliphatic heterocycles. The van der Waals surface area contributed by atoms with Gasteiger partial charge in [0.2, 0.25) is 0 Å². The minimum Gasteiger partial charge on any atom is -0.453 e. The third-order valence-electron chi connectivity index (χ3n) is 5.58. The number of anilines is 1. The summed E-state index contributed by atoms with van der Waals surface area (Å²) in [4.78, 5) is 41.6. The van der Waals surface area contributed by atoms with Crippen molar-refractivity contribution < 1.29 is 19.1 Å². The van der Waals surface area contributed by atoms with Crippen LogP contribution in [-0.4, -0.2) is 36.2 Å². The summed E-state index contributed by atoms with van der Waals surface area (Å²) >= 11 is 0. The molecule has 0 saturated heterocycles. The Labute approximate surface area is 170 Å². The minimum atomic E-state index is -0.646. The number of fused-ring (bicyclic) bond motifs is 1. The van der Waals surface area contributed by atoms with Gasteiger partial charge in [0.05, 0.1) is 0 Å². The van der Waals surface area contributed by atoms with Crippen molar-refractivity contribution in [1.82, 2.24) is 4.98 Å². The molecule has 0 unspecified atom stereocenters. The molecule has 1 N–H and O–H groups in total. The van der Waals surface area contributed by atoms with E-state index in [0.29, 0.717) is 16.8 Å². The van der Waals surface area contributed by atoms with Crippen molar-refractivity contribution in [2.75, 3.05) is 18.6 Å². The number of aryl methyl sites for hydroxylation is 1. The van der Waals surface area contributed by atoms with Gasteiger partial charge >= 0.3 is 5.97 Å². The molecule has 0 amide bonds. The second-order valence-corrected chi connectivity index (χ2v) is 7.95. The molecule has 0 radical (unpaired) electrons. The maximum Gasteiger partial charge on any atom is 0.355 e. The average molecular weight is 394 g/mol. The Balaban J connectivity index is 1.75. The molecule has 0 atom stereocenters. The van der Waals surface area contributed by atoms with E-state index in [0.717, 1.165) is 16.9 Å². The predicted octanol–water partition coefficient (Wildman–Crippen LogP) is 3.87. The number of ketones is 2. The van der Waals surface area contributed by atoms with Crippen LogP contribution in [0.25, 0.3) is 0 Å². The number of Topliss-reactive ketones (excluding diaryl/α,β-unsaturated/α-hetero) is 1. The highest BCUT2D eigenvalue weighted by molar-refractivity contribution is 6.02. The number of hydrogen-bond acceptors (Lipinski definition) is 5. The minimum absolute atomic E-state index is 0.123. The zero-order valence-electron chi connectivity index (χ0n) is 17.7. The summed E-state index contributed by atoms with van der Waals surface area (Å²) in [5.74, 6) is -1.07. The van der Waals surface area contributed by atoms with Crippen LogP contribution in [0, 0.1) is 13.8 Å². The SMILES string of the molecule is CC(=O)c1c(C)[nH]c(C(=O)OCC(=O)/C=C2/N(C)c3ccccc3C2(C)C)c1C. The molecule has 2 heterocycles. The zero-order chi connectivity index (χ0) is 21.5. The van der Waals surface area contributed by atoms with E-state index >= 15 is 0 Å². The van der Waals surface area contributed by atoms with Crippen LogP contribution >= 0.6 is 0 Å². The van der Waals surface area contributed by atoms with Crippen molar-refractivity contribution in [2.45, 2.75) is 40.0 Å². The first-order chi connectivity index (χ1) is 13.6. The van der Waals surface area contributed by atoms with Crippen LogP contribution in [0.4, 0.5) is 5.69 Å². The van der Waals surface area contributed by atoms with E-state index in [1.807, 2.05) is 30.1 Å². The molecule has 0 saturated carbocycles. The van der Waals surface area contributed by atoms with E-state index in [2.05, 4.69) is 24.9 Å². The van der Waals surface area contributed by atoms with E-state index in [-0.39, 0.29) is 29.3 Å². The molecule has 1 aromatic heterocycles. The van der Waals surface area contributed by atoms with Gasteiger partial charge in [0.15, 0.2) is 18.2 Å². The smallest absolute Gasteiger partial charge is 0.355 e. The largest absolute Gasteiger partial charge is 0.453 e. The van der Waals surface area contributed by atoms with Gasteiger partial charge in [-0.25, -0.2) is 4.79 Å². The molecule has 3 rings (SSSR count). The number of carbonyl (C=O) groups excluding carboxylic acids is 3. The van der Waals surface area contributed by atoms with Gasteiger partial charge in [-0.3, -0.25) is 9.59 Å². The third-order valence-corrected chi connectivity index (χ3v) is 5.58. The highest BCUT2D eigenvalue weighted by atomic mass is 16.5. The predicted molar refractivity (Wildman–Crippen MR) is 112 cm³/mol.